The molecule has 5 nitrogen and oxygen atoms in total. The highest BCUT2D eigenvalue weighted by Gasteiger charge is 2.48. The number of halogens is 2. The summed E-state index contributed by atoms with van der Waals surface area (Å²) >= 11 is 3.39. The van der Waals surface area contributed by atoms with Crippen LogP contribution in [0.2, 0.25) is 0 Å². The number of nitrogens with zero attached hydrogens (tertiary/aromatic N) is 2. The average molecular weight is 364 g/mol. The molecule has 112 valence electrons. The Kier molecular flexibility index (Phi) is 2.72. The fourth-order valence-corrected chi connectivity index (χ4v) is 3.22. The molecule has 0 aliphatic carbocycles. The van der Waals surface area contributed by atoms with Crippen LogP contribution in [0.3, 0.4) is 0 Å². The lowest BCUT2D eigenvalue weighted by Crippen LogP contribution is -2.32. The summed E-state index contributed by atoms with van der Waals surface area (Å²) in [4.78, 5) is 8.67. The lowest BCUT2D eigenvalue weighted by atomic mass is 9.82. The molecule has 1 aromatic carbocycles. The summed E-state index contributed by atoms with van der Waals surface area (Å²) < 4.78 is 26.2. The molecule has 1 aromatic heterocycles. The maximum Gasteiger partial charge on any atom is 0.283 e. The topological polar surface area (TPSA) is 69.7 Å². The monoisotopic (exact) mass is 363 g/mol. The molecule has 2 N–H and O–H groups in total. The van der Waals surface area contributed by atoms with Gasteiger partial charge in [-0.2, -0.15) is 0 Å². The van der Waals surface area contributed by atoms with Gasteiger partial charge in [0.25, 0.3) is 6.02 Å². The number of nitrogens with two attached hydrogens (primary N) is 1. The SMILES string of the molecule is Cc1cc(F)c2c(c1)C1(COC(N)=N1)c1cc(Br)cnc1O2. The van der Waals surface area contributed by atoms with Gasteiger partial charge in [-0.15, -0.1) is 0 Å². The number of hydrogen-bond donors (Lipinski definition) is 1. The molecule has 1 spiro atoms. The average Bonchev–Trinajstić information content (AvgIpc) is 2.85. The van der Waals surface area contributed by atoms with E-state index in [0.717, 1.165) is 10.0 Å². The first kappa shape index (κ1) is 13.5. The van der Waals surface area contributed by atoms with Crippen molar-refractivity contribution in [2.75, 3.05) is 6.61 Å². The number of aliphatic imine (C=N–C) groups is 1. The summed E-state index contributed by atoms with van der Waals surface area (Å²) in [5.41, 5.74) is 6.86. The van der Waals surface area contributed by atoms with Gasteiger partial charge in [0.1, 0.15) is 6.61 Å². The molecule has 0 amide bonds. The molecule has 0 saturated heterocycles. The molecule has 7 heteroatoms. The Morgan fingerprint density at radius 1 is 1.32 bits per heavy atom. The zero-order chi connectivity index (χ0) is 15.5. The Balaban J connectivity index is 2.08. The lowest BCUT2D eigenvalue weighted by Gasteiger charge is -2.33. The standard InChI is InChI=1S/C15H11BrFN3O2/c1-7-2-9-12(11(17)3-7)22-13-10(4-8(16)5-19-13)15(9)6-21-14(18)20-15/h2-5H,6H2,1H3,(H2,18,20). The highest BCUT2D eigenvalue weighted by Crippen LogP contribution is 2.51. The van der Waals surface area contributed by atoms with Gasteiger partial charge in [-0.1, -0.05) is 0 Å². The van der Waals surface area contributed by atoms with Crippen LogP contribution in [0.5, 0.6) is 11.6 Å². The number of fused-ring (bicyclic) bond motifs is 4. The number of benzene rings is 1. The van der Waals surface area contributed by atoms with Crippen molar-refractivity contribution < 1.29 is 13.9 Å². The van der Waals surface area contributed by atoms with E-state index in [1.807, 2.05) is 19.1 Å². The molecule has 0 fully saturated rings. The number of ether oxygens (including phenoxy) is 2. The zero-order valence-corrected chi connectivity index (χ0v) is 13.1. The molecule has 1 unspecified atom stereocenters. The number of hydrogen-bond acceptors (Lipinski definition) is 5. The van der Waals surface area contributed by atoms with Crippen LogP contribution in [-0.4, -0.2) is 17.6 Å². The van der Waals surface area contributed by atoms with E-state index in [0.29, 0.717) is 17.0 Å². The molecule has 1 atom stereocenters. The van der Waals surface area contributed by atoms with Gasteiger partial charge in [-0.05, 0) is 46.6 Å². The summed E-state index contributed by atoms with van der Waals surface area (Å²) in [6.45, 7) is 2.00. The van der Waals surface area contributed by atoms with Gasteiger partial charge >= 0.3 is 0 Å². The highest BCUT2D eigenvalue weighted by atomic mass is 79.9. The van der Waals surface area contributed by atoms with E-state index in [1.165, 1.54) is 6.07 Å². The largest absolute Gasteiger partial charge is 0.462 e. The third-order valence-corrected chi connectivity index (χ3v) is 4.26. The number of pyridine rings is 1. The highest BCUT2D eigenvalue weighted by molar-refractivity contribution is 9.10. The fraction of sp³-hybridized carbons (Fsp3) is 0.200. The molecule has 3 heterocycles. The first-order valence-electron chi connectivity index (χ1n) is 6.62. The van der Waals surface area contributed by atoms with E-state index in [-0.39, 0.29) is 18.4 Å². The van der Waals surface area contributed by atoms with E-state index in [2.05, 4.69) is 25.9 Å². The predicted octanol–water partition coefficient (Wildman–Crippen LogP) is 2.99. The fourth-order valence-electron chi connectivity index (χ4n) is 2.89. The van der Waals surface area contributed by atoms with Gasteiger partial charge in [-0.3, -0.25) is 0 Å². The quantitative estimate of drug-likeness (QED) is 0.780. The van der Waals surface area contributed by atoms with Crippen LogP contribution < -0.4 is 10.5 Å². The van der Waals surface area contributed by atoms with Crippen molar-refractivity contribution in [3.8, 4) is 11.6 Å². The van der Waals surface area contributed by atoms with E-state index in [9.17, 15) is 4.39 Å². The van der Waals surface area contributed by atoms with Crippen molar-refractivity contribution in [3.63, 3.8) is 0 Å². The van der Waals surface area contributed by atoms with Crippen LogP contribution in [-0.2, 0) is 10.3 Å². The molecule has 0 radical (unpaired) electrons. The van der Waals surface area contributed by atoms with Gasteiger partial charge in [0, 0.05) is 16.2 Å². The van der Waals surface area contributed by atoms with Crippen molar-refractivity contribution >= 4 is 22.0 Å². The molecule has 22 heavy (non-hydrogen) atoms. The number of aromatic nitrogens is 1. The molecule has 2 aliphatic rings. The second kappa shape index (κ2) is 4.42. The first-order chi connectivity index (χ1) is 10.5. The van der Waals surface area contributed by atoms with E-state index >= 15 is 0 Å². The third kappa shape index (κ3) is 1.75. The van der Waals surface area contributed by atoms with Gasteiger partial charge in [0.15, 0.2) is 17.1 Å². The lowest BCUT2D eigenvalue weighted by molar-refractivity contribution is 0.259. The molecular formula is C15H11BrFN3O2. The molecule has 2 aliphatic heterocycles. The number of amidine groups is 1. The van der Waals surface area contributed by atoms with Crippen molar-refractivity contribution in [3.05, 3.63) is 51.4 Å². The zero-order valence-electron chi connectivity index (χ0n) is 11.6. The Hall–Kier alpha value is -2.15. The number of aryl methyl sites for hydroxylation is 1. The second-order valence-corrected chi connectivity index (χ2v) is 6.25. The predicted molar refractivity (Wildman–Crippen MR) is 81.5 cm³/mol. The van der Waals surface area contributed by atoms with Crippen molar-refractivity contribution in [1.29, 1.82) is 0 Å². The Bertz CT molecular complexity index is 840. The Labute approximate surface area is 134 Å². The molecular weight excluding hydrogens is 353 g/mol. The molecule has 2 aromatic rings. The number of rotatable bonds is 0. The Morgan fingerprint density at radius 3 is 2.86 bits per heavy atom. The molecule has 4 rings (SSSR count). The summed E-state index contributed by atoms with van der Waals surface area (Å²) in [6.07, 6.45) is 1.59. The van der Waals surface area contributed by atoms with Crippen LogP contribution >= 0.6 is 15.9 Å². The summed E-state index contributed by atoms with van der Waals surface area (Å²) in [7, 11) is 0. The van der Waals surface area contributed by atoms with Crippen molar-refractivity contribution in [2.45, 2.75) is 12.5 Å². The minimum atomic E-state index is -0.934. The Morgan fingerprint density at radius 2 is 2.14 bits per heavy atom. The summed E-state index contributed by atoms with van der Waals surface area (Å²) in [6, 6.07) is 5.17. The van der Waals surface area contributed by atoms with Gasteiger partial charge in [-0.25, -0.2) is 14.4 Å². The maximum atomic E-state index is 14.4. The van der Waals surface area contributed by atoms with Crippen LogP contribution in [0.15, 0.2) is 33.9 Å². The molecule has 0 saturated carbocycles. The normalized spacial score (nSPS) is 21.7. The summed E-state index contributed by atoms with van der Waals surface area (Å²) in [5, 5.41) is 0. The van der Waals surface area contributed by atoms with Crippen molar-refractivity contribution in [1.82, 2.24) is 4.98 Å². The maximum absolute atomic E-state index is 14.4. The van der Waals surface area contributed by atoms with Gasteiger partial charge in [0.2, 0.25) is 5.88 Å². The van der Waals surface area contributed by atoms with Crippen LogP contribution in [0.1, 0.15) is 16.7 Å². The van der Waals surface area contributed by atoms with E-state index in [4.69, 9.17) is 15.2 Å². The van der Waals surface area contributed by atoms with E-state index < -0.39 is 11.4 Å². The minimum Gasteiger partial charge on any atom is -0.462 e. The van der Waals surface area contributed by atoms with Crippen LogP contribution in [0, 0.1) is 12.7 Å². The third-order valence-electron chi connectivity index (χ3n) is 3.83. The summed E-state index contributed by atoms with van der Waals surface area (Å²) in [5.74, 6) is -0.0270. The second-order valence-electron chi connectivity index (χ2n) is 5.33. The first-order valence-corrected chi connectivity index (χ1v) is 7.41. The van der Waals surface area contributed by atoms with Crippen molar-refractivity contribution in [2.24, 2.45) is 10.7 Å². The van der Waals surface area contributed by atoms with Crippen LogP contribution in [0.4, 0.5) is 4.39 Å². The van der Waals surface area contributed by atoms with E-state index in [1.54, 1.807) is 6.20 Å². The molecule has 0 bridgehead atoms. The van der Waals surface area contributed by atoms with Crippen LogP contribution in [0.25, 0.3) is 0 Å². The smallest absolute Gasteiger partial charge is 0.283 e. The van der Waals surface area contributed by atoms with Gasteiger partial charge in [0.05, 0.1) is 5.56 Å². The van der Waals surface area contributed by atoms with Gasteiger partial charge < -0.3 is 15.2 Å². The minimum absolute atomic E-state index is 0.0701.